The molecule has 0 aliphatic heterocycles. The molecule has 0 radical (unpaired) electrons. The molecule has 0 unspecified atom stereocenters. The van der Waals surface area contributed by atoms with Crippen molar-refractivity contribution in [2.75, 3.05) is 25.5 Å². The third-order valence-electron chi connectivity index (χ3n) is 5.16. The zero-order valence-electron chi connectivity index (χ0n) is 19.8. The molecular formula is C26H35N5O4. The van der Waals surface area contributed by atoms with Gasteiger partial charge in [-0.25, -0.2) is 5.48 Å². The predicted octanol–water partition coefficient (Wildman–Crippen LogP) is 1.95. The molecule has 0 aliphatic carbocycles. The van der Waals surface area contributed by atoms with E-state index in [0.29, 0.717) is 23.4 Å². The SMILES string of the molecule is C.CN(CC(=O)Nc1ccc(C#Cc2ccc(C(=O)N[C@@H](CN)C(=O)NO)cc2)cc1)C(C)(C)C. The zero-order valence-corrected chi connectivity index (χ0v) is 19.8. The Hall–Kier alpha value is -3.71. The largest absolute Gasteiger partial charge is 0.339 e. The van der Waals surface area contributed by atoms with E-state index in [1.807, 2.05) is 44.9 Å². The number of rotatable bonds is 7. The van der Waals surface area contributed by atoms with E-state index in [0.717, 1.165) is 5.56 Å². The molecule has 0 bridgehead atoms. The first-order chi connectivity index (χ1) is 16.0. The quantitative estimate of drug-likeness (QED) is 0.233. The standard InChI is InChI=1S/C25H31N5O4.CH4/c1-25(2,3)30(4)16-22(31)27-20-13-9-18(10-14-20)6-5-17-7-11-19(12-8-17)23(32)28-21(15-26)24(33)29-34;/h7-14,21,34H,15-16,26H2,1-4H3,(H,27,31)(H,28,32)(H,29,33);1H4/t21-;/m0./s1. The van der Waals surface area contributed by atoms with E-state index in [4.69, 9.17) is 10.9 Å². The van der Waals surface area contributed by atoms with Crippen LogP contribution in [0.2, 0.25) is 0 Å². The van der Waals surface area contributed by atoms with Gasteiger partial charge in [-0.2, -0.15) is 0 Å². The fourth-order valence-electron chi connectivity index (χ4n) is 2.69. The molecule has 3 amide bonds. The Morgan fingerprint density at radius 3 is 1.97 bits per heavy atom. The van der Waals surface area contributed by atoms with Gasteiger partial charge in [0.2, 0.25) is 5.91 Å². The zero-order chi connectivity index (χ0) is 25.3. The summed E-state index contributed by atoms with van der Waals surface area (Å²) >= 11 is 0. The molecule has 0 spiro atoms. The summed E-state index contributed by atoms with van der Waals surface area (Å²) in [6.07, 6.45) is 0. The molecule has 6 N–H and O–H groups in total. The van der Waals surface area contributed by atoms with E-state index in [2.05, 4.69) is 22.5 Å². The number of carbonyl (C=O) groups is 3. The summed E-state index contributed by atoms with van der Waals surface area (Å²) in [4.78, 5) is 37.9. The molecule has 0 saturated heterocycles. The molecule has 2 aromatic rings. The molecule has 0 fully saturated rings. The van der Waals surface area contributed by atoms with Gasteiger partial charge in [0, 0.05) is 34.5 Å². The summed E-state index contributed by atoms with van der Waals surface area (Å²) in [5.41, 5.74) is 9.29. The van der Waals surface area contributed by atoms with Crippen LogP contribution in [0.5, 0.6) is 0 Å². The van der Waals surface area contributed by atoms with E-state index in [9.17, 15) is 14.4 Å². The lowest BCUT2D eigenvalue weighted by Crippen LogP contribution is -2.50. The summed E-state index contributed by atoms with van der Waals surface area (Å²) in [5, 5.41) is 14.0. The number of nitrogens with zero attached hydrogens (tertiary/aromatic N) is 1. The van der Waals surface area contributed by atoms with Crippen molar-refractivity contribution < 1.29 is 19.6 Å². The minimum Gasteiger partial charge on any atom is -0.339 e. The summed E-state index contributed by atoms with van der Waals surface area (Å²) in [5.74, 6) is 4.68. The molecular weight excluding hydrogens is 446 g/mol. The molecule has 2 rings (SSSR count). The number of hydrogen-bond acceptors (Lipinski definition) is 6. The van der Waals surface area contributed by atoms with Crippen molar-refractivity contribution in [3.8, 4) is 11.8 Å². The van der Waals surface area contributed by atoms with Gasteiger partial charge in [0.05, 0.1) is 6.54 Å². The smallest absolute Gasteiger partial charge is 0.267 e. The summed E-state index contributed by atoms with van der Waals surface area (Å²) in [6.45, 7) is 6.28. The predicted molar refractivity (Wildman–Crippen MR) is 137 cm³/mol. The van der Waals surface area contributed by atoms with Gasteiger partial charge in [0.15, 0.2) is 0 Å². The second kappa shape index (κ2) is 13.2. The lowest BCUT2D eigenvalue weighted by Gasteiger charge is -2.31. The number of carbonyl (C=O) groups excluding carboxylic acids is 3. The maximum absolute atomic E-state index is 12.2. The van der Waals surface area contributed by atoms with Crippen molar-refractivity contribution in [3.63, 3.8) is 0 Å². The maximum Gasteiger partial charge on any atom is 0.267 e. The van der Waals surface area contributed by atoms with E-state index >= 15 is 0 Å². The fraction of sp³-hybridized carbons (Fsp3) is 0.346. The molecule has 0 heterocycles. The van der Waals surface area contributed by atoms with Crippen LogP contribution in [-0.2, 0) is 9.59 Å². The molecule has 188 valence electrons. The molecule has 9 nitrogen and oxygen atoms in total. The summed E-state index contributed by atoms with van der Waals surface area (Å²) in [6, 6.07) is 12.7. The van der Waals surface area contributed by atoms with Crippen LogP contribution in [0.1, 0.15) is 49.7 Å². The lowest BCUT2D eigenvalue weighted by atomic mass is 10.1. The Bertz CT molecular complexity index is 1060. The Kier molecular flexibility index (Phi) is 11.1. The van der Waals surface area contributed by atoms with Crippen molar-refractivity contribution in [1.82, 2.24) is 15.7 Å². The summed E-state index contributed by atoms with van der Waals surface area (Å²) in [7, 11) is 1.91. The molecule has 0 aromatic heterocycles. The molecule has 1 atom stereocenters. The summed E-state index contributed by atoms with van der Waals surface area (Å²) < 4.78 is 0. The van der Waals surface area contributed by atoms with Crippen molar-refractivity contribution >= 4 is 23.4 Å². The van der Waals surface area contributed by atoms with Crippen LogP contribution < -0.4 is 21.8 Å². The Balaban J connectivity index is 0.00000612. The van der Waals surface area contributed by atoms with Gasteiger partial charge in [-0.3, -0.25) is 24.5 Å². The third-order valence-corrected chi connectivity index (χ3v) is 5.16. The van der Waals surface area contributed by atoms with Crippen molar-refractivity contribution in [3.05, 3.63) is 65.2 Å². The second-order valence-electron chi connectivity index (χ2n) is 8.72. The number of anilines is 1. The molecule has 9 heteroatoms. The van der Waals surface area contributed by atoms with E-state index in [1.165, 1.54) is 5.48 Å². The van der Waals surface area contributed by atoms with Crippen molar-refractivity contribution in [2.45, 2.75) is 39.8 Å². The number of hydroxylamine groups is 1. The molecule has 35 heavy (non-hydrogen) atoms. The van der Waals surface area contributed by atoms with Gasteiger partial charge in [-0.05, 0) is 76.3 Å². The minimum atomic E-state index is -1.04. The van der Waals surface area contributed by atoms with Gasteiger partial charge in [-0.1, -0.05) is 19.3 Å². The van der Waals surface area contributed by atoms with E-state index in [-0.39, 0.29) is 25.4 Å². The molecule has 0 saturated carbocycles. The number of nitrogens with two attached hydrogens (primary N) is 1. The Morgan fingerprint density at radius 2 is 1.51 bits per heavy atom. The van der Waals surface area contributed by atoms with Crippen LogP contribution in [0, 0.1) is 11.8 Å². The number of amides is 3. The minimum absolute atomic E-state index is 0. The topological polar surface area (TPSA) is 137 Å². The van der Waals surface area contributed by atoms with Crippen LogP contribution in [-0.4, -0.2) is 59.5 Å². The van der Waals surface area contributed by atoms with Gasteiger partial charge in [-0.15, -0.1) is 0 Å². The fourth-order valence-corrected chi connectivity index (χ4v) is 2.69. The first-order valence-electron chi connectivity index (χ1n) is 10.7. The highest BCUT2D eigenvalue weighted by Gasteiger charge is 2.20. The highest BCUT2D eigenvalue weighted by atomic mass is 16.5. The van der Waals surface area contributed by atoms with Gasteiger partial charge >= 0.3 is 0 Å². The first kappa shape index (κ1) is 29.3. The first-order valence-corrected chi connectivity index (χ1v) is 10.7. The number of nitrogens with one attached hydrogen (secondary N) is 3. The van der Waals surface area contributed by atoms with E-state index in [1.54, 1.807) is 36.4 Å². The van der Waals surface area contributed by atoms with E-state index < -0.39 is 17.9 Å². The monoisotopic (exact) mass is 481 g/mol. The van der Waals surface area contributed by atoms with Crippen LogP contribution in [0.15, 0.2) is 48.5 Å². The maximum atomic E-state index is 12.2. The third kappa shape index (κ3) is 9.22. The van der Waals surface area contributed by atoms with Crippen LogP contribution in [0.4, 0.5) is 5.69 Å². The Labute approximate surface area is 207 Å². The van der Waals surface area contributed by atoms with Crippen molar-refractivity contribution in [2.24, 2.45) is 5.73 Å². The highest BCUT2D eigenvalue weighted by Crippen LogP contribution is 2.12. The van der Waals surface area contributed by atoms with Gasteiger partial charge < -0.3 is 16.4 Å². The van der Waals surface area contributed by atoms with Crippen LogP contribution in [0.3, 0.4) is 0 Å². The highest BCUT2D eigenvalue weighted by molar-refractivity contribution is 5.97. The number of hydrogen-bond donors (Lipinski definition) is 5. The van der Waals surface area contributed by atoms with Crippen LogP contribution in [0.25, 0.3) is 0 Å². The number of benzene rings is 2. The van der Waals surface area contributed by atoms with Gasteiger partial charge in [0.25, 0.3) is 11.8 Å². The Morgan fingerprint density at radius 1 is 1.00 bits per heavy atom. The average Bonchev–Trinajstić information content (AvgIpc) is 2.81. The number of likely N-dealkylation sites (N-methyl/N-ethyl adjacent to an activating group) is 1. The van der Waals surface area contributed by atoms with Gasteiger partial charge in [0.1, 0.15) is 6.04 Å². The van der Waals surface area contributed by atoms with Crippen LogP contribution >= 0.6 is 0 Å². The normalized spacial score (nSPS) is 11.4. The average molecular weight is 482 g/mol. The lowest BCUT2D eigenvalue weighted by molar-refractivity contribution is -0.130. The molecule has 2 aromatic carbocycles. The molecule has 0 aliphatic rings. The second-order valence-corrected chi connectivity index (χ2v) is 8.72. The van der Waals surface area contributed by atoms with Crippen molar-refractivity contribution in [1.29, 1.82) is 0 Å².